The molecule has 0 bridgehead atoms. The number of carbonyl (C=O) groups is 2. The molecule has 4 nitrogen and oxygen atoms in total. The monoisotopic (exact) mass is 440 g/mol. The summed E-state index contributed by atoms with van der Waals surface area (Å²) in [5.41, 5.74) is 2.82. The molecule has 0 N–H and O–H groups in total. The third-order valence-electron chi connectivity index (χ3n) is 8.60. The van der Waals surface area contributed by atoms with Crippen LogP contribution in [0.15, 0.2) is 18.2 Å². The van der Waals surface area contributed by atoms with E-state index < -0.39 is 0 Å². The Balaban J connectivity index is 1.40. The molecule has 2 fully saturated rings. The zero-order chi connectivity index (χ0) is 22.9. The van der Waals surface area contributed by atoms with Gasteiger partial charge in [0, 0.05) is 18.3 Å². The lowest BCUT2D eigenvalue weighted by Gasteiger charge is -2.50. The summed E-state index contributed by atoms with van der Waals surface area (Å²) in [6.45, 7) is 6.05. The van der Waals surface area contributed by atoms with Crippen LogP contribution in [0.3, 0.4) is 0 Å². The summed E-state index contributed by atoms with van der Waals surface area (Å²) >= 11 is 0. The fraction of sp³-hybridized carbons (Fsp3) is 0.714. The van der Waals surface area contributed by atoms with Gasteiger partial charge in [-0.25, -0.2) is 0 Å². The number of ketones is 1. The maximum atomic E-state index is 13.1. The van der Waals surface area contributed by atoms with Crippen LogP contribution in [-0.2, 0) is 20.7 Å². The van der Waals surface area contributed by atoms with Crippen molar-refractivity contribution in [2.75, 3.05) is 7.11 Å². The topological polar surface area (TPSA) is 52.6 Å². The highest BCUT2D eigenvalue weighted by Crippen LogP contribution is 2.62. The van der Waals surface area contributed by atoms with Crippen LogP contribution in [0.2, 0.25) is 0 Å². The number of unbranched alkanes of at least 4 members (excludes halogenated alkanes) is 2. The number of carbonyl (C=O) groups excluding carboxylic acids is 2. The van der Waals surface area contributed by atoms with Gasteiger partial charge in [0.1, 0.15) is 11.5 Å². The highest BCUT2D eigenvalue weighted by Gasteiger charge is 2.58. The first-order valence-electron chi connectivity index (χ1n) is 12.7. The molecular weight excluding hydrogens is 400 g/mol. The fourth-order valence-corrected chi connectivity index (χ4v) is 7.18. The molecule has 1 aromatic carbocycles. The molecule has 4 unspecified atom stereocenters. The summed E-state index contributed by atoms with van der Waals surface area (Å²) in [6, 6.07) is 6.62. The van der Waals surface area contributed by atoms with Crippen molar-refractivity contribution in [1.82, 2.24) is 0 Å². The quantitative estimate of drug-likeness (QED) is 0.354. The Morgan fingerprint density at radius 3 is 2.75 bits per heavy atom. The highest BCUT2D eigenvalue weighted by molar-refractivity contribution is 5.87. The molecule has 3 aliphatic carbocycles. The second-order valence-electron chi connectivity index (χ2n) is 10.9. The van der Waals surface area contributed by atoms with Crippen LogP contribution in [-0.4, -0.2) is 25.0 Å². The lowest BCUT2D eigenvalue weighted by molar-refractivity contribution is -0.147. The van der Waals surface area contributed by atoms with E-state index in [9.17, 15) is 9.59 Å². The van der Waals surface area contributed by atoms with Gasteiger partial charge in [-0.05, 0) is 99.3 Å². The predicted molar refractivity (Wildman–Crippen MR) is 126 cm³/mol. The van der Waals surface area contributed by atoms with Crippen molar-refractivity contribution in [1.29, 1.82) is 0 Å². The first kappa shape index (κ1) is 23.3. The molecule has 0 spiro atoms. The third-order valence-corrected chi connectivity index (χ3v) is 8.60. The molecule has 1 aromatic rings. The van der Waals surface area contributed by atoms with Crippen molar-refractivity contribution in [2.24, 2.45) is 23.2 Å². The van der Waals surface area contributed by atoms with Gasteiger partial charge in [-0.3, -0.25) is 9.59 Å². The van der Waals surface area contributed by atoms with Crippen LogP contribution in [0.5, 0.6) is 5.75 Å². The zero-order valence-corrected chi connectivity index (χ0v) is 20.3. The van der Waals surface area contributed by atoms with Crippen LogP contribution in [0.25, 0.3) is 0 Å². The number of rotatable bonds is 8. The Morgan fingerprint density at radius 1 is 1.19 bits per heavy atom. The Morgan fingerprint density at radius 2 is 2.00 bits per heavy atom. The Hall–Kier alpha value is -1.84. The second-order valence-corrected chi connectivity index (χ2v) is 10.9. The summed E-state index contributed by atoms with van der Waals surface area (Å²) in [5, 5.41) is 0. The molecule has 176 valence electrons. The van der Waals surface area contributed by atoms with Crippen LogP contribution in [0, 0.1) is 23.2 Å². The average molecular weight is 441 g/mol. The molecular formula is C28H40O4. The minimum atomic E-state index is -0.128. The minimum Gasteiger partial charge on any atom is -0.497 e. The van der Waals surface area contributed by atoms with Crippen molar-refractivity contribution in [2.45, 2.75) is 97.0 Å². The van der Waals surface area contributed by atoms with Gasteiger partial charge >= 0.3 is 5.97 Å². The average Bonchev–Trinajstić information content (AvgIpc) is 3.02. The Kier molecular flexibility index (Phi) is 6.97. The summed E-state index contributed by atoms with van der Waals surface area (Å²) in [6.07, 6.45) is 9.82. The standard InChI is InChI=1S/C28H40O4/c1-18(2)32-26(30)9-7-5-6-8-20-17-25(29)28(3)15-14-23-22-13-11-21(31-4)16-19(22)10-12-24(23)27(20)28/h11,13,16,18,20,23-24,27H,5-10,12,14-15,17H2,1-4H3/t20?,23?,24?,27?,28-/m1/s1. The SMILES string of the molecule is COc1ccc2c(c1)CCC1C2CC[C@]2(C)C(=O)CC(CCCCCC(=O)OC(C)C)C12. The molecule has 32 heavy (non-hydrogen) atoms. The molecule has 0 aliphatic heterocycles. The molecule has 0 amide bonds. The molecule has 0 saturated heterocycles. The number of aryl methyl sites for hydroxylation is 1. The molecule has 3 aliphatic rings. The van der Waals surface area contributed by atoms with Crippen molar-refractivity contribution in [3.63, 3.8) is 0 Å². The fourth-order valence-electron chi connectivity index (χ4n) is 7.18. The molecule has 0 radical (unpaired) electrons. The van der Waals surface area contributed by atoms with Crippen LogP contribution < -0.4 is 4.74 Å². The van der Waals surface area contributed by atoms with E-state index in [2.05, 4.69) is 25.1 Å². The van der Waals surface area contributed by atoms with E-state index in [0.29, 0.717) is 35.9 Å². The first-order valence-corrected chi connectivity index (χ1v) is 12.7. The number of methoxy groups -OCH3 is 1. The number of esters is 1. The second kappa shape index (κ2) is 9.57. The summed E-state index contributed by atoms with van der Waals surface area (Å²) in [4.78, 5) is 24.9. The van der Waals surface area contributed by atoms with Gasteiger partial charge in [0.2, 0.25) is 0 Å². The van der Waals surface area contributed by atoms with E-state index in [1.54, 1.807) is 7.11 Å². The van der Waals surface area contributed by atoms with Gasteiger partial charge in [-0.2, -0.15) is 0 Å². The lowest BCUT2D eigenvalue weighted by atomic mass is 9.54. The molecule has 0 heterocycles. The van der Waals surface area contributed by atoms with Gasteiger partial charge < -0.3 is 9.47 Å². The van der Waals surface area contributed by atoms with Gasteiger partial charge in [-0.1, -0.05) is 25.8 Å². The maximum absolute atomic E-state index is 13.1. The summed E-state index contributed by atoms with van der Waals surface area (Å²) in [5.74, 6) is 3.59. The van der Waals surface area contributed by atoms with Crippen LogP contribution in [0.1, 0.15) is 95.6 Å². The van der Waals surface area contributed by atoms with Crippen molar-refractivity contribution < 1.29 is 19.1 Å². The number of benzene rings is 1. The number of fused-ring (bicyclic) bond motifs is 5. The summed E-state index contributed by atoms with van der Waals surface area (Å²) in [7, 11) is 1.74. The van der Waals surface area contributed by atoms with E-state index in [1.165, 1.54) is 17.5 Å². The smallest absolute Gasteiger partial charge is 0.306 e. The number of ether oxygens (including phenoxy) is 2. The predicted octanol–water partition coefficient (Wildman–Crippen LogP) is 6.25. The van der Waals surface area contributed by atoms with Crippen molar-refractivity contribution in [3.8, 4) is 5.75 Å². The van der Waals surface area contributed by atoms with E-state index in [4.69, 9.17) is 9.47 Å². The number of Topliss-reactive ketones (excluding diaryl/α,β-unsaturated/α-hetero) is 1. The van der Waals surface area contributed by atoms with E-state index in [-0.39, 0.29) is 17.5 Å². The van der Waals surface area contributed by atoms with Crippen molar-refractivity contribution >= 4 is 11.8 Å². The normalized spacial score (nSPS) is 31.1. The van der Waals surface area contributed by atoms with E-state index in [0.717, 1.165) is 57.1 Å². The largest absolute Gasteiger partial charge is 0.497 e. The molecule has 4 heteroatoms. The number of hydrogen-bond donors (Lipinski definition) is 0. The molecule has 0 aromatic heterocycles. The van der Waals surface area contributed by atoms with Crippen LogP contribution >= 0.6 is 0 Å². The molecule has 5 atom stereocenters. The third kappa shape index (κ3) is 4.47. The van der Waals surface area contributed by atoms with E-state index >= 15 is 0 Å². The van der Waals surface area contributed by atoms with E-state index in [1.807, 2.05) is 13.8 Å². The summed E-state index contributed by atoms with van der Waals surface area (Å²) < 4.78 is 10.7. The highest BCUT2D eigenvalue weighted by atomic mass is 16.5. The molecule has 4 rings (SSSR count). The molecule has 2 saturated carbocycles. The Labute approximate surface area is 193 Å². The minimum absolute atomic E-state index is 0.0364. The zero-order valence-electron chi connectivity index (χ0n) is 20.3. The van der Waals surface area contributed by atoms with Gasteiger partial charge in [-0.15, -0.1) is 0 Å². The van der Waals surface area contributed by atoms with Crippen LogP contribution in [0.4, 0.5) is 0 Å². The first-order chi connectivity index (χ1) is 15.3. The maximum Gasteiger partial charge on any atom is 0.306 e. The lowest BCUT2D eigenvalue weighted by Crippen LogP contribution is -2.44. The van der Waals surface area contributed by atoms with Gasteiger partial charge in [0.05, 0.1) is 13.2 Å². The van der Waals surface area contributed by atoms with Gasteiger partial charge in [0.25, 0.3) is 0 Å². The van der Waals surface area contributed by atoms with Crippen molar-refractivity contribution in [3.05, 3.63) is 29.3 Å². The van der Waals surface area contributed by atoms with Gasteiger partial charge in [0.15, 0.2) is 0 Å². The number of hydrogen-bond acceptors (Lipinski definition) is 4. The Bertz CT molecular complexity index is 844.